The lowest BCUT2D eigenvalue weighted by Crippen LogP contribution is -2.28. The summed E-state index contributed by atoms with van der Waals surface area (Å²) in [5.41, 5.74) is 4.69. The molecule has 120 valence electrons. The molecule has 0 aromatic heterocycles. The van der Waals surface area contributed by atoms with Gasteiger partial charge < -0.3 is 5.11 Å². The molecule has 0 radical (unpaired) electrons. The number of hydrogen-bond acceptors (Lipinski definition) is 2. The molecule has 2 heteroatoms. The molecule has 2 nitrogen and oxygen atoms in total. The largest absolute Gasteiger partial charge is 0.393 e. The molecule has 1 unspecified atom stereocenters. The molecule has 0 amide bonds. The smallest absolute Gasteiger partial charge is 0.143 e. The lowest BCUT2D eigenvalue weighted by molar-refractivity contribution is -0.104. The monoisotopic (exact) mass is 300 g/mol. The molecule has 1 N–H and O–H groups in total. The molecule has 0 heterocycles. The second-order valence-electron chi connectivity index (χ2n) is 6.79. The summed E-state index contributed by atoms with van der Waals surface area (Å²) in [7, 11) is 0. The van der Waals surface area contributed by atoms with E-state index in [0.717, 1.165) is 30.3 Å². The quantitative estimate of drug-likeness (QED) is 0.454. The average molecular weight is 300 g/mol. The predicted molar refractivity (Wildman–Crippen MR) is 93.6 cm³/mol. The molecule has 22 heavy (non-hydrogen) atoms. The van der Waals surface area contributed by atoms with Crippen molar-refractivity contribution in [3.05, 3.63) is 58.7 Å². The summed E-state index contributed by atoms with van der Waals surface area (Å²) in [6, 6.07) is 0. The van der Waals surface area contributed by atoms with Gasteiger partial charge in [0.25, 0.3) is 0 Å². The van der Waals surface area contributed by atoms with Crippen LogP contribution in [0, 0.1) is 5.41 Å². The molecule has 1 rings (SSSR count). The molecular formula is C20H28O2. The van der Waals surface area contributed by atoms with Gasteiger partial charge in [0.2, 0.25) is 0 Å². The number of aliphatic hydroxyl groups excluding tert-OH is 1. The Morgan fingerprint density at radius 3 is 2.41 bits per heavy atom. The van der Waals surface area contributed by atoms with E-state index in [0.29, 0.717) is 0 Å². The molecule has 0 aromatic rings. The summed E-state index contributed by atoms with van der Waals surface area (Å²) < 4.78 is 0. The zero-order chi connectivity index (χ0) is 16.8. The van der Waals surface area contributed by atoms with Crippen LogP contribution in [-0.4, -0.2) is 17.5 Å². The lowest BCUT2D eigenvalue weighted by Gasteiger charge is -2.35. The van der Waals surface area contributed by atoms with Crippen LogP contribution >= 0.6 is 0 Å². The number of rotatable bonds is 5. The molecule has 0 saturated carbocycles. The highest BCUT2D eigenvalue weighted by atomic mass is 16.3. The first-order valence-electron chi connectivity index (χ1n) is 7.79. The number of carbonyl (C=O) groups excluding carboxylic acids is 1. The Labute approximate surface area is 134 Å². The maximum atomic E-state index is 10.3. The second kappa shape index (κ2) is 8.09. The van der Waals surface area contributed by atoms with Crippen LogP contribution in [0.15, 0.2) is 58.7 Å². The Kier molecular flexibility index (Phi) is 6.76. The van der Waals surface area contributed by atoms with Gasteiger partial charge in [0.1, 0.15) is 6.29 Å². The lowest BCUT2D eigenvalue weighted by atomic mass is 9.71. The summed E-state index contributed by atoms with van der Waals surface area (Å²) in [4.78, 5) is 10.3. The Morgan fingerprint density at radius 1 is 1.18 bits per heavy atom. The van der Waals surface area contributed by atoms with Crippen molar-refractivity contribution in [2.24, 2.45) is 5.41 Å². The van der Waals surface area contributed by atoms with E-state index in [2.05, 4.69) is 39.8 Å². The Bertz CT molecular complexity index is 554. The van der Waals surface area contributed by atoms with Gasteiger partial charge in [-0.25, -0.2) is 0 Å². The fourth-order valence-electron chi connectivity index (χ4n) is 2.96. The van der Waals surface area contributed by atoms with Crippen LogP contribution in [0.2, 0.25) is 0 Å². The Morgan fingerprint density at radius 2 is 1.82 bits per heavy atom. The second-order valence-corrected chi connectivity index (χ2v) is 6.79. The third-order valence-electron chi connectivity index (χ3n) is 4.04. The number of hydrogen-bond donors (Lipinski definition) is 1. The van der Waals surface area contributed by atoms with Crippen LogP contribution in [0.4, 0.5) is 0 Å². The van der Waals surface area contributed by atoms with Crippen molar-refractivity contribution < 1.29 is 9.90 Å². The maximum Gasteiger partial charge on any atom is 0.143 e. The van der Waals surface area contributed by atoms with Crippen LogP contribution < -0.4 is 0 Å². The fourth-order valence-corrected chi connectivity index (χ4v) is 2.96. The normalized spacial score (nSPS) is 23.6. The molecule has 1 aliphatic carbocycles. The number of aliphatic hydroxyl groups is 1. The highest BCUT2D eigenvalue weighted by Gasteiger charge is 2.31. The van der Waals surface area contributed by atoms with E-state index < -0.39 is 0 Å². The van der Waals surface area contributed by atoms with Crippen molar-refractivity contribution in [3.8, 4) is 0 Å². The van der Waals surface area contributed by atoms with Crippen LogP contribution in [0.25, 0.3) is 0 Å². The third kappa shape index (κ3) is 5.61. The molecule has 0 spiro atoms. The van der Waals surface area contributed by atoms with Crippen molar-refractivity contribution in [3.63, 3.8) is 0 Å². The summed E-state index contributed by atoms with van der Waals surface area (Å²) in [5.74, 6) is 0. The van der Waals surface area contributed by atoms with E-state index in [4.69, 9.17) is 0 Å². The Hall–Kier alpha value is -1.67. The zero-order valence-electron chi connectivity index (χ0n) is 14.4. The van der Waals surface area contributed by atoms with Gasteiger partial charge in [-0.05, 0) is 56.3 Å². The van der Waals surface area contributed by atoms with Crippen LogP contribution in [-0.2, 0) is 4.79 Å². The van der Waals surface area contributed by atoms with Gasteiger partial charge in [0.05, 0.1) is 6.10 Å². The summed E-state index contributed by atoms with van der Waals surface area (Å²) in [6.07, 6.45) is 13.9. The van der Waals surface area contributed by atoms with Crippen molar-refractivity contribution in [1.29, 1.82) is 0 Å². The standard InChI is InChI=1S/C20H28O2/c1-15(7-6-8-16(2)11-12-21)9-10-19-17(3)13-18(22)14-20(19,4)5/h6-12,18,22H,13-14H2,1-5H3/b8-6+,10-9+,15-7-,16-11+. The molecular weight excluding hydrogens is 272 g/mol. The van der Waals surface area contributed by atoms with Gasteiger partial charge in [-0.1, -0.05) is 55.4 Å². The highest BCUT2D eigenvalue weighted by Crippen LogP contribution is 2.40. The topological polar surface area (TPSA) is 37.3 Å². The highest BCUT2D eigenvalue weighted by molar-refractivity contribution is 5.66. The van der Waals surface area contributed by atoms with Crippen molar-refractivity contribution in [2.45, 2.75) is 53.6 Å². The van der Waals surface area contributed by atoms with E-state index >= 15 is 0 Å². The first kappa shape index (κ1) is 18.4. The van der Waals surface area contributed by atoms with Gasteiger partial charge in [-0.3, -0.25) is 4.79 Å². The molecule has 1 aliphatic rings. The van der Waals surface area contributed by atoms with Gasteiger partial charge in [0.15, 0.2) is 0 Å². The minimum absolute atomic E-state index is 0.0116. The molecule has 0 bridgehead atoms. The van der Waals surface area contributed by atoms with Crippen molar-refractivity contribution in [1.82, 2.24) is 0 Å². The number of allylic oxidation sites excluding steroid dienone is 9. The third-order valence-corrected chi connectivity index (χ3v) is 4.04. The summed E-state index contributed by atoms with van der Waals surface area (Å²) in [5, 5.41) is 9.91. The molecule has 1 atom stereocenters. The number of carbonyl (C=O) groups is 1. The first-order chi connectivity index (χ1) is 10.3. The van der Waals surface area contributed by atoms with E-state index in [-0.39, 0.29) is 11.5 Å². The Balaban J connectivity index is 2.84. The van der Waals surface area contributed by atoms with E-state index in [1.165, 1.54) is 11.1 Å². The summed E-state index contributed by atoms with van der Waals surface area (Å²) in [6.45, 7) is 10.4. The number of aldehydes is 1. The first-order valence-corrected chi connectivity index (χ1v) is 7.79. The van der Waals surface area contributed by atoms with Gasteiger partial charge >= 0.3 is 0 Å². The van der Waals surface area contributed by atoms with Gasteiger partial charge in [-0.2, -0.15) is 0 Å². The van der Waals surface area contributed by atoms with Crippen LogP contribution in [0.1, 0.15) is 47.5 Å². The van der Waals surface area contributed by atoms with Crippen LogP contribution in [0.3, 0.4) is 0 Å². The molecule has 0 saturated heterocycles. The predicted octanol–water partition coefficient (Wildman–Crippen LogP) is 4.69. The van der Waals surface area contributed by atoms with Crippen molar-refractivity contribution >= 4 is 6.29 Å². The molecule has 0 aliphatic heterocycles. The summed E-state index contributed by atoms with van der Waals surface area (Å²) >= 11 is 0. The van der Waals surface area contributed by atoms with E-state index in [1.807, 2.05) is 25.2 Å². The molecule has 0 aromatic carbocycles. The van der Waals surface area contributed by atoms with Crippen LogP contribution in [0.5, 0.6) is 0 Å². The SMILES string of the molecule is CC1=C(/C=C/C(C)=C\C=C\C(C)=C\C=O)C(C)(C)CC(O)C1. The minimum Gasteiger partial charge on any atom is -0.393 e. The fraction of sp³-hybridized carbons (Fsp3) is 0.450. The van der Waals surface area contributed by atoms with Gasteiger partial charge in [0, 0.05) is 0 Å². The van der Waals surface area contributed by atoms with E-state index in [1.54, 1.807) is 6.08 Å². The molecule has 0 fully saturated rings. The minimum atomic E-state index is -0.223. The zero-order valence-corrected chi connectivity index (χ0v) is 14.4. The van der Waals surface area contributed by atoms with E-state index in [9.17, 15) is 9.90 Å². The average Bonchev–Trinajstić information content (AvgIpc) is 2.36. The van der Waals surface area contributed by atoms with Gasteiger partial charge in [-0.15, -0.1) is 0 Å². The maximum absolute atomic E-state index is 10.3. The van der Waals surface area contributed by atoms with Crippen molar-refractivity contribution in [2.75, 3.05) is 0 Å².